The van der Waals surface area contributed by atoms with Gasteiger partial charge in [0.1, 0.15) is 0 Å². The molecule has 0 unspecified atom stereocenters. The standard InChI is InChI=1S/C10H10BNO2S/c1-15-10-8-4-5-12-6-7(8)2-3-9(10)11(13)14/h2-6,13-14H,1H3. The quantitative estimate of drug-likeness (QED) is 0.574. The van der Waals surface area contributed by atoms with E-state index < -0.39 is 7.12 Å². The van der Waals surface area contributed by atoms with Gasteiger partial charge in [0.05, 0.1) is 0 Å². The van der Waals surface area contributed by atoms with E-state index >= 15 is 0 Å². The molecule has 0 atom stereocenters. The molecule has 0 saturated carbocycles. The van der Waals surface area contributed by atoms with Crippen molar-refractivity contribution in [2.75, 3.05) is 6.26 Å². The van der Waals surface area contributed by atoms with Gasteiger partial charge in [0.25, 0.3) is 0 Å². The minimum atomic E-state index is -1.43. The summed E-state index contributed by atoms with van der Waals surface area (Å²) < 4.78 is 0. The molecule has 2 aromatic rings. The number of thioether (sulfide) groups is 1. The fraction of sp³-hybridized carbons (Fsp3) is 0.100. The number of nitrogens with zero attached hydrogens (tertiary/aromatic N) is 1. The molecule has 2 N–H and O–H groups in total. The Morgan fingerprint density at radius 3 is 2.73 bits per heavy atom. The molecule has 0 bridgehead atoms. The van der Waals surface area contributed by atoms with Crippen LogP contribution in [0.3, 0.4) is 0 Å². The second-order valence-electron chi connectivity index (χ2n) is 3.16. The van der Waals surface area contributed by atoms with Crippen LogP contribution in [0.2, 0.25) is 0 Å². The molecule has 2 rings (SSSR count). The topological polar surface area (TPSA) is 53.4 Å². The molecule has 0 aliphatic heterocycles. The van der Waals surface area contributed by atoms with Gasteiger partial charge in [-0.2, -0.15) is 0 Å². The van der Waals surface area contributed by atoms with Crippen LogP contribution in [0.5, 0.6) is 0 Å². The Kier molecular flexibility index (Phi) is 2.95. The highest BCUT2D eigenvalue weighted by Gasteiger charge is 2.17. The average molecular weight is 219 g/mol. The van der Waals surface area contributed by atoms with Crippen molar-refractivity contribution in [3.63, 3.8) is 0 Å². The van der Waals surface area contributed by atoms with Crippen LogP contribution in [0.4, 0.5) is 0 Å². The van der Waals surface area contributed by atoms with Gasteiger partial charge in [0.2, 0.25) is 0 Å². The molecule has 1 heterocycles. The van der Waals surface area contributed by atoms with Crippen molar-refractivity contribution in [3.8, 4) is 0 Å². The molecule has 0 fully saturated rings. The maximum Gasteiger partial charge on any atom is 0.489 e. The van der Waals surface area contributed by atoms with Gasteiger partial charge in [0, 0.05) is 22.7 Å². The Balaban J connectivity index is 2.75. The molecular formula is C10H10BNO2S. The van der Waals surface area contributed by atoms with Crippen molar-refractivity contribution in [3.05, 3.63) is 30.6 Å². The number of benzene rings is 1. The van der Waals surface area contributed by atoms with Crippen LogP contribution in [0.1, 0.15) is 0 Å². The zero-order chi connectivity index (χ0) is 10.8. The molecule has 15 heavy (non-hydrogen) atoms. The zero-order valence-electron chi connectivity index (χ0n) is 8.21. The minimum Gasteiger partial charge on any atom is -0.423 e. The Hall–Kier alpha value is -1.04. The van der Waals surface area contributed by atoms with Crippen LogP contribution in [0, 0.1) is 0 Å². The normalized spacial score (nSPS) is 10.6. The first-order chi connectivity index (χ1) is 7.24. The van der Waals surface area contributed by atoms with Gasteiger partial charge in [-0.3, -0.25) is 4.98 Å². The number of hydrogen-bond acceptors (Lipinski definition) is 4. The lowest BCUT2D eigenvalue weighted by molar-refractivity contribution is 0.425. The monoisotopic (exact) mass is 219 g/mol. The van der Waals surface area contributed by atoms with Crippen LogP contribution >= 0.6 is 11.8 Å². The predicted molar refractivity (Wildman–Crippen MR) is 63.3 cm³/mol. The van der Waals surface area contributed by atoms with E-state index in [9.17, 15) is 10.0 Å². The highest BCUT2D eigenvalue weighted by molar-refractivity contribution is 7.99. The van der Waals surface area contributed by atoms with E-state index in [0.717, 1.165) is 15.7 Å². The van der Waals surface area contributed by atoms with Crippen LogP contribution in [0.25, 0.3) is 10.8 Å². The highest BCUT2D eigenvalue weighted by atomic mass is 32.2. The van der Waals surface area contributed by atoms with E-state index in [2.05, 4.69) is 4.98 Å². The molecule has 5 heteroatoms. The van der Waals surface area contributed by atoms with Crippen LogP contribution < -0.4 is 5.46 Å². The molecule has 0 aliphatic carbocycles. The molecule has 0 amide bonds. The molecule has 0 saturated heterocycles. The van der Waals surface area contributed by atoms with Crippen molar-refractivity contribution in [2.24, 2.45) is 0 Å². The molecule has 76 valence electrons. The fourth-order valence-corrected chi connectivity index (χ4v) is 2.40. The number of pyridine rings is 1. The van der Waals surface area contributed by atoms with Crippen molar-refractivity contribution in [1.29, 1.82) is 0 Å². The molecule has 1 aromatic heterocycles. The summed E-state index contributed by atoms with van der Waals surface area (Å²) in [4.78, 5) is 4.92. The molecule has 3 nitrogen and oxygen atoms in total. The molecule has 0 aliphatic rings. The van der Waals surface area contributed by atoms with E-state index in [0.29, 0.717) is 5.46 Å². The van der Waals surface area contributed by atoms with Crippen LogP contribution in [-0.2, 0) is 0 Å². The third kappa shape index (κ3) is 1.86. The summed E-state index contributed by atoms with van der Waals surface area (Å²) in [6.45, 7) is 0. The number of aromatic nitrogens is 1. The van der Waals surface area contributed by atoms with Gasteiger partial charge < -0.3 is 10.0 Å². The Morgan fingerprint density at radius 1 is 1.27 bits per heavy atom. The van der Waals surface area contributed by atoms with Crippen molar-refractivity contribution in [2.45, 2.75) is 4.90 Å². The first-order valence-corrected chi connectivity index (χ1v) is 5.73. The fourth-order valence-electron chi connectivity index (χ4n) is 1.59. The van der Waals surface area contributed by atoms with Gasteiger partial charge in [-0.15, -0.1) is 11.8 Å². The van der Waals surface area contributed by atoms with Gasteiger partial charge in [0.15, 0.2) is 0 Å². The Morgan fingerprint density at radius 2 is 2.07 bits per heavy atom. The molecule has 0 radical (unpaired) electrons. The van der Waals surface area contributed by atoms with Gasteiger partial charge in [-0.1, -0.05) is 12.1 Å². The third-order valence-electron chi connectivity index (χ3n) is 2.28. The lowest BCUT2D eigenvalue weighted by atomic mass is 9.79. The minimum absolute atomic E-state index is 0.543. The first kappa shape index (κ1) is 10.5. The largest absolute Gasteiger partial charge is 0.489 e. The summed E-state index contributed by atoms with van der Waals surface area (Å²) >= 11 is 1.51. The average Bonchev–Trinajstić information content (AvgIpc) is 2.27. The Labute approximate surface area is 92.3 Å². The van der Waals surface area contributed by atoms with E-state index in [1.807, 2.05) is 18.4 Å². The van der Waals surface area contributed by atoms with Crippen molar-refractivity contribution >= 4 is 35.1 Å². The zero-order valence-corrected chi connectivity index (χ0v) is 9.03. The lowest BCUT2D eigenvalue weighted by Crippen LogP contribution is -2.31. The second kappa shape index (κ2) is 4.22. The summed E-state index contributed by atoms with van der Waals surface area (Å²) in [7, 11) is -1.43. The van der Waals surface area contributed by atoms with Gasteiger partial charge >= 0.3 is 7.12 Å². The summed E-state index contributed by atoms with van der Waals surface area (Å²) in [5.41, 5.74) is 0.543. The van der Waals surface area contributed by atoms with Gasteiger partial charge in [-0.05, 0) is 23.2 Å². The summed E-state index contributed by atoms with van der Waals surface area (Å²) in [6, 6.07) is 5.45. The lowest BCUT2D eigenvalue weighted by Gasteiger charge is -2.09. The smallest absolute Gasteiger partial charge is 0.423 e. The Bertz CT molecular complexity index is 490. The van der Waals surface area contributed by atoms with Crippen molar-refractivity contribution < 1.29 is 10.0 Å². The number of fused-ring (bicyclic) bond motifs is 1. The van der Waals surface area contributed by atoms with E-state index in [1.54, 1.807) is 18.5 Å². The maximum absolute atomic E-state index is 9.22. The van der Waals surface area contributed by atoms with E-state index in [1.165, 1.54) is 11.8 Å². The highest BCUT2D eigenvalue weighted by Crippen LogP contribution is 2.23. The van der Waals surface area contributed by atoms with Crippen LogP contribution in [0.15, 0.2) is 35.5 Å². The number of hydrogen-bond donors (Lipinski definition) is 2. The van der Waals surface area contributed by atoms with Crippen LogP contribution in [-0.4, -0.2) is 28.4 Å². The summed E-state index contributed by atoms with van der Waals surface area (Å²) in [5.74, 6) is 0. The second-order valence-corrected chi connectivity index (χ2v) is 3.98. The van der Waals surface area contributed by atoms with E-state index in [4.69, 9.17) is 0 Å². The molecule has 0 spiro atoms. The summed E-state index contributed by atoms with van der Waals surface area (Å²) in [5, 5.41) is 20.5. The predicted octanol–water partition coefficient (Wildman–Crippen LogP) is 0.636. The first-order valence-electron chi connectivity index (χ1n) is 4.51. The van der Waals surface area contributed by atoms with Crippen molar-refractivity contribution in [1.82, 2.24) is 4.98 Å². The summed E-state index contributed by atoms with van der Waals surface area (Å²) in [6.07, 6.45) is 5.39. The van der Waals surface area contributed by atoms with E-state index in [-0.39, 0.29) is 0 Å². The molecule has 1 aromatic carbocycles. The SMILES string of the molecule is CSc1c(B(O)O)ccc2cnccc12. The number of rotatable bonds is 2. The third-order valence-corrected chi connectivity index (χ3v) is 3.15. The maximum atomic E-state index is 9.22. The molecular weight excluding hydrogens is 209 g/mol. The van der Waals surface area contributed by atoms with Gasteiger partial charge in [-0.25, -0.2) is 0 Å².